The topological polar surface area (TPSA) is 96.0 Å². The van der Waals surface area contributed by atoms with E-state index in [1.807, 2.05) is 22.9 Å². The van der Waals surface area contributed by atoms with E-state index in [1.165, 1.54) is 12.3 Å². The zero-order valence-corrected chi connectivity index (χ0v) is 30.3. The molecule has 0 spiro atoms. The summed E-state index contributed by atoms with van der Waals surface area (Å²) in [6, 6.07) is 8.33. The molecule has 1 amide bonds. The molecule has 10 nitrogen and oxygen atoms in total. The maximum Gasteiger partial charge on any atom is 0.319 e. The van der Waals surface area contributed by atoms with Crippen LogP contribution in [0.2, 0.25) is 0 Å². The van der Waals surface area contributed by atoms with Crippen molar-refractivity contribution in [2.75, 3.05) is 64.4 Å². The first-order valence-corrected chi connectivity index (χ1v) is 18.8. The second kappa shape index (κ2) is 15.5. The predicted molar refractivity (Wildman–Crippen MR) is 201 cm³/mol. The lowest BCUT2D eigenvalue weighted by molar-refractivity contribution is -0.125. The van der Waals surface area contributed by atoms with Gasteiger partial charge >= 0.3 is 6.01 Å². The molecule has 0 saturated carbocycles. The van der Waals surface area contributed by atoms with Gasteiger partial charge in [-0.3, -0.25) is 14.7 Å². The lowest BCUT2D eigenvalue weighted by Crippen LogP contribution is -2.37. The van der Waals surface area contributed by atoms with Crippen LogP contribution in [0.25, 0.3) is 32.9 Å². The first-order valence-electron chi connectivity index (χ1n) is 18.8. The second-order valence-electron chi connectivity index (χ2n) is 14.9. The average Bonchev–Trinajstić information content (AvgIpc) is 3.94. The Bertz CT molecular complexity index is 2130. The van der Waals surface area contributed by atoms with Gasteiger partial charge in [-0.2, -0.15) is 9.97 Å². The van der Waals surface area contributed by atoms with E-state index < -0.39 is 17.8 Å². The molecular weight excluding hydrogens is 695 g/mol. The van der Waals surface area contributed by atoms with Gasteiger partial charge in [0.2, 0.25) is 5.91 Å². The lowest BCUT2D eigenvalue weighted by atomic mass is 9.96. The van der Waals surface area contributed by atoms with Gasteiger partial charge in [0.25, 0.3) is 0 Å². The molecule has 1 unspecified atom stereocenters. The van der Waals surface area contributed by atoms with Crippen molar-refractivity contribution in [1.82, 2.24) is 30.1 Å². The molecule has 4 saturated heterocycles. The van der Waals surface area contributed by atoms with E-state index >= 15 is 4.39 Å². The van der Waals surface area contributed by atoms with Crippen LogP contribution in [-0.4, -0.2) is 115 Å². The molecular formula is C41H44F3N7O3. The third-order valence-corrected chi connectivity index (χ3v) is 11.4. The summed E-state index contributed by atoms with van der Waals surface area (Å²) in [5.74, 6) is 1.37. The van der Waals surface area contributed by atoms with Crippen LogP contribution < -0.4 is 15.0 Å². The number of morpholine rings is 1. The highest BCUT2D eigenvalue weighted by molar-refractivity contribution is 6.02. The lowest BCUT2D eigenvalue weighted by Gasteiger charge is -2.27. The van der Waals surface area contributed by atoms with E-state index in [-0.39, 0.29) is 47.3 Å². The highest BCUT2D eigenvalue weighted by Crippen LogP contribution is 2.37. The van der Waals surface area contributed by atoms with Gasteiger partial charge < -0.3 is 24.6 Å². The maximum absolute atomic E-state index is 16.9. The second-order valence-corrected chi connectivity index (χ2v) is 14.9. The third kappa shape index (κ3) is 7.22. The molecule has 1 N–H and O–H groups in total. The van der Waals surface area contributed by atoms with Crippen LogP contribution in [0.3, 0.4) is 0 Å². The summed E-state index contributed by atoms with van der Waals surface area (Å²) in [5, 5.41) is 4.49. The molecule has 2 aromatic heterocycles. The standard InChI is InChI=1S/C41H44F3N7O3/c1-3-31-34(43)12-11-26-8-4-9-32(36(26)31)38-37(44)39-33(20-46-38)40(48-41(47-39)54-23-25-7-5-14-45-19-27(42)17-25)49(2)28-13-16-51(21-28)35(52)10-6-15-50-22-30-18-29(50)24-53-30/h1,4,6,8-12,20,25,27-30,45H,5,7,13-19,21-24H2,2H3/b10-6+/t25-,27?,28-,29+,30+/m1/s1. The number of nitrogens with one attached hydrogen (secondary N) is 1. The van der Waals surface area contributed by atoms with Gasteiger partial charge in [0.1, 0.15) is 29.0 Å². The van der Waals surface area contributed by atoms with Crippen molar-refractivity contribution in [2.45, 2.75) is 56.5 Å². The van der Waals surface area contributed by atoms with Crippen molar-refractivity contribution in [3.63, 3.8) is 0 Å². The number of terminal acetylenes is 1. The van der Waals surface area contributed by atoms with Crippen molar-refractivity contribution >= 4 is 33.4 Å². The van der Waals surface area contributed by atoms with E-state index in [0.717, 1.165) is 39.0 Å². The van der Waals surface area contributed by atoms with E-state index in [0.29, 0.717) is 78.7 Å². The Morgan fingerprint density at radius 3 is 2.89 bits per heavy atom. The smallest absolute Gasteiger partial charge is 0.319 e. The number of carbonyl (C=O) groups excluding carboxylic acids is 1. The van der Waals surface area contributed by atoms with E-state index in [9.17, 15) is 13.6 Å². The number of benzene rings is 2. The van der Waals surface area contributed by atoms with Gasteiger partial charge in [0.15, 0.2) is 5.82 Å². The fourth-order valence-electron chi connectivity index (χ4n) is 8.44. The number of likely N-dealkylation sites (N-methyl/N-ethyl adjacent to an activating group) is 1. The van der Waals surface area contributed by atoms with Gasteiger partial charge in [0.05, 0.1) is 30.3 Å². The summed E-state index contributed by atoms with van der Waals surface area (Å²) in [6.07, 6.45) is 13.8. The number of aromatic nitrogens is 3. The SMILES string of the molecule is C#Cc1c(F)ccc2cccc(-c3ncc4c(N(C)[C@@H]5CCN(C(=O)/C=C/CN6C[C@@H]7C[C@H]6CO7)C5)nc(OC[C@@H]5CCCNCC(F)C5)nc4c3F)c12. The molecule has 8 rings (SSSR count). The number of hydrogen-bond donors (Lipinski definition) is 1. The van der Waals surface area contributed by atoms with E-state index in [2.05, 4.69) is 26.1 Å². The summed E-state index contributed by atoms with van der Waals surface area (Å²) in [4.78, 5) is 33.2. The fraction of sp³-hybridized carbons (Fsp3) is 0.463. The monoisotopic (exact) mass is 739 g/mol. The van der Waals surface area contributed by atoms with Gasteiger partial charge in [0, 0.05) is 75.1 Å². The number of nitrogens with zero attached hydrogens (tertiary/aromatic N) is 6. The molecule has 2 bridgehead atoms. The van der Waals surface area contributed by atoms with Crippen LogP contribution in [0.5, 0.6) is 6.01 Å². The number of alkyl halides is 1. The van der Waals surface area contributed by atoms with Crippen LogP contribution in [-0.2, 0) is 9.53 Å². The largest absolute Gasteiger partial charge is 0.463 e. The third-order valence-electron chi connectivity index (χ3n) is 11.4. The van der Waals surface area contributed by atoms with Crippen molar-refractivity contribution in [2.24, 2.45) is 5.92 Å². The Kier molecular flexibility index (Phi) is 10.4. The first-order chi connectivity index (χ1) is 26.3. The van der Waals surface area contributed by atoms with Gasteiger partial charge in [-0.05, 0) is 56.0 Å². The van der Waals surface area contributed by atoms with Gasteiger partial charge in [-0.15, -0.1) is 6.42 Å². The molecule has 13 heteroatoms. The number of likely N-dealkylation sites (tertiary alicyclic amines) is 2. The van der Waals surface area contributed by atoms with Crippen LogP contribution in [0.4, 0.5) is 19.0 Å². The normalized spacial score (nSPS) is 24.6. The highest BCUT2D eigenvalue weighted by atomic mass is 19.1. The molecule has 0 aliphatic carbocycles. The minimum absolute atomic E-state index is 0.0184. The molecule has 2 aromatic carbocycles. The number of anilines is 1. The molecule has 0 radical (unpaired) electrons. The number of ether oxygens (including phenoxy) is 2. The van der Waals surface area contributed by atoms with E-state index in [1.54, 1.807) is 30.3 Å². The quantitative estimate of drug-likeness (QED) is 0.182. The summed E-state index contributed by atoms with van der Waals surface area (Å²) >= 11 is 0. The number of halogens is 3. The summed E-state index contributed by atoms with van der Waals surface area (Å²) in [7, 11) is 1.86. The molecule has 54 heavy (non-hydrogen) atoms. The van der Waals surface area contributed by atoms with Crippen LogP contribution in [0.1, 0.15) is 37.7 Å². The van der Waals surface area contributed by atoms with Gasteiger partial charge in [-0.1, -0.05) is 36.3 Å². The Balaban J connectivity index is 1.09. The average molecular weight is 740 g/mol. The maximum atomic E-state index is 16.9. The fourth-order valence-corrected chi connectivity index (χ4v) is 8.44. The minimum Gasteiger partial charge on any atom is -0.463 e. The van der Waals surface area contributed by atoms with Gasteiger partial charge in [-0.25, -0.2) is 13.2 Å². The van der Waals surface area contributed by atoms with Crippen molar-refractivity contribution < 1.29 is 27.4 Å². The number of hydrogen-bond acceptors (Lipinski definition) is 9. The van der Waals surface area contributed by atoms with Crippen molar-refractivity contribution in [1.29, 1.82) is 0 Å². The Hall–Kier alpha value is -4.77. The Labute approximate surface area is 312 Å². The molecule has 5 atom stereocenters. The minimum atomic E-state index is -1.00. The van der Waals surface area contributed by atoms with Crippen molar-refractivity contribution in [3.05, 3.63) is 65.9 Å². The van der Waals surface area contributed by atoms with E-state index in [4.69, 9.17) is 20.9 Å². The number of rotatable bonds is 9. The van der Waals surface area contributed by atoms with Crippen LogP contribution >= 0.6 is 0 Å². The first kappa shape index (κ1) is 36.2. The number of carbonyl (C=O) groups is 1. The van der Waals surface area contributed by atoms with Crippen LogP contribution in [0, 0.1) is 29.9 Å². The number of fused-ring (bicyclic) bond motifs is 4. The molecule has 282 valence electrons. The molecule has 4 fully saturated rings. The Morgan fingerprint density at radius 1 is 1.19 bits per heavy atom. The number of pyridine rings is 1. The summed E-state index contributed by atoms with van der Waals surface area (Å²) < 4.78 is 58.2. The Morgan fingerprint density at radius 2 is 2.07 bits per heavy atom. The summed E-state index contributed by atoms with van der Waals surface area (Å²) in [6.45, 7) is 4.56. The molecule has 4 aliphatic heterocycles. The zero-order valence-electron chi connectivity index (χ0n) is 30.3. The zero-order chi connectivity index (χ0) is 37.3. The molecule has 6 heterocycles. The summed E-state index contributed by atoms with van der Waals surface area (Å²) in [5.41, 5.74) is 0.281. The highest BCUT2D eigenvalue weighted by Gasteiger charge is 2.38. The molecule has 4 aliphatic rings. The number of amides is 1. The predicted octanol–water partition coefficient (Wildman–Crippen LogP) is 5.28. The van der Waals surface area contributed by atoms with Crippen molar-refractivity contribution in [3.8, 4) is 29.6 Å². The van der Waals surface area contributed by atoms with Crippen LogP contribution in [0.15, 0.2) is 48.7 Å². The molecule has 4 aromatic rings.